The van der Waals surface area contributed by atoms with Crippen LogP contribution in [0.1, 0.15) is 32.5 Å². The molecule has 0 aliphatic heterocycles. The lowest BCUT2D eigenvalue weighted by atomic mass is 10.2. The summed E-state index contributed by atoms with van der Waals surface area (Å²) in [6.45, 7) is 7.15. The van der Waals surface area contributed by atoms with Gasteiger partial charge in [0.05, 0.1) is 3.57 Å². The first kappa shape index (κ1) is 10.7. The molecule has 0 radical (unpaired) electrons. The predicted octanol–water partition coefficient (Wildman–Crippen LogP) is 2.64. The zero-order chi connectivity index (χ0) is 9.84. The molecule has 0 aliphatic rings. The van der Waals surface area contributed by atoms with E-state index < -0.39 is 0 Å². The molecule has 0 saturated heterocycles. The van der Waals surface area contributed by atoms with Crippen LogP contribution in [0.2, 0.25) is 0 Å². The molecule has 3 nitrogen and oxygen atoms in total. The van der Waals surface area contributed by atoms with Crippen molar-refractivity contribution in [1.82, 2.24) is 9.97 Å². The molecule has 0 fully saturated rings. The lowest BCUT2D eigenvalue weighted by molar-refractivity contribution is 0.772. The van der Waals surface area contributed by atoms with E-state index >= 15 is 0 Å². The highest BCUT2D eigenvalue weighted by Crippen LogP contribution is 2.17. The Morgan fingerprint density at radius 1 is 1.54 bits per heavy atom. The number of rotatable bonds is 3. The maximum absolute atomic E-state index is 4.43. The van der Waals surface area contributed by atoms with Crippen LogP contribution in [-0.4, -0.2) is 16.5 Å². The minimum Gasteiger partial charge on any atom is -0.369 e. The molecule has 1 heterocycles. The zero-order valence-corrected chi connectivity index (χ0v) is 10.3. The second-order valence-corrected chi connectivity index (χ2v) is 4.27. The van der Waals surface area contributed by atoms with Gasteiger partial charge in [0.2, 0.25) is 0 Å². The zero-order valence-electron chi connectivity index (χ0n) is 8.13. The average Bonchev–Trinajstić information content (AvgIpc) is 2.08. The van der Waals surface area contributed by atoms with Gasteiger partial charge in [-0.05, 0) is 29.5 Å². The summed E-state index contributed by atoms with van der Waals surface area (Å²) < 4.78 is 1.07. The highest BCUT2D eigenvalue weighted by atomic mass is 127. The Morgan fingerprint density at radius 2 is 2.23 bits per heavy atom. The van der Waals surface area contributed by atoms with Crippen molar-refractivity contribution < 1.29 is 0 Å². The molecule has 1 rings (SSSR count). The number of hydrogen-bond donors (Lipinski definition) is 1. The summed E-state index contributed by atoms with van der Waals surface area (Å²) in [5.74, 6) is 2.23. The highest BCUT2D eigenvalue weighted by Gasteiger charge is 2.06. The number of nitrogens with one attached hydrogen (secondary N) is 1. The Morgan fingerprint density at radius 3 is 2.77 bits per heavy atom. The average molecular weight is 291 g/mol. The Bertz CT molecular complexity index is 286. The van der Waals surface area contributed by atoms with Crippen LogP contribution in [0.4, 0.5) is 5.82 Å². The van der Waals surface area contributed by atoms with Gasteiger partial charge < -0.3 is 5.32 Å². The number of aromatic nitrogens is 2. The van der Waals surface area contributed by atoms with E-state index in [1.54, 1.807) is 0 Å². The third-order valence-corrected chi connectivity index (χ3v) is 2.41. The molecule has 1 N–H and O–H groups in total. The third kappa shape index (κ3) is 2.79. The number of hydrogen-bond acceptors (Lipinski definition) is 3. The second-order valence-electron chi connectivity index (χ2n) is 3.11. The van der Waals surface area contributed by atoms with Gasteiger partial charge in [0, 0.05) is 18.7 Å². The van der Waals surface area contributed by atoms with Gasteiger partial charge in [0.25, 0.3) is 0 Å². The van der Waals surface area contributed by atoms with Gasteiger partial charge in [-0.1, -0.05) is 13.8 Å². The van der Waals surface area contributed by atoms with Crippen LogP contribution >= 0.6 is 22.6 Å². The van der Waals surface area contributed by atoms with Gasteiger partial charge in [0.1, 0.15) is 11.6 Å². The van der Waals surface area contributed by atoms with Crippen molar-refractivity contribution in [2.75, 3.05) is 11.9 Å². The van der Waals surface area contributed by atoms with Crippen LogP contribution in [0.15, 0.2) is 6.20 Å². The van der Waals surface area contributed by atoms with Gasteiger partial charge in [-0.25, -0.2) is 9.97 Å². The second kappa shape index (κ2) is 4.74. The first-order valence-corrected chi connectivity index (χ1v) is 5.49. The molecule has 0 aromatic carbocycles. The molecular weight excluding hydrogens is 277 g/mol. The van der Waals surface area contributed by atoms with Crippen molar-refractivity contribution in [3.8, 4) is 0 Å². The van der Waals surface area contributed by atoms with Crippen molar-refractivity contribution in [2.24, 2.45) is 0 Å². The maximum atomic E-state index is 4.43. The molecule has 0 unspecified atom stereocenters. The molecule has 13 heavy (non-hydrogen) atoms. The lowest BCUT2D eigenvalue weighted by Gasteiger charge is -2.08. The molecule has 0 saturated carbocycles. The number of nitrogens with zero attached hydrogens (tertiary/aromatic N) is 2. The van der Waals surface area contributed by atoms with E-state index in [-0.39, 0.29) is 0 Å². The van der Waals surface area contributed by atoms with Gasteiger partial charge in [-0.15, -0.1) is 0 Å². The number of anilines is 1. The summed E-state index contributed by atoms with van der Waals surface area (Å²) in [4.78, 5) is 8.69. The van der Waals surface area contributed by atoms with Gasteiger partial charge in [-0.2, -0.15) is 0 Å². The van der Waals surface area contributed by atoms with Crippen LogP contribution in [0.3, 0.4) is 0 Å². The van der Waals surface area contributed by atoms with Crippen molar-refractivity contribution in [2.45, 2.75) is 26.7 Å². The summed E-state index contributed by atoms with van der Waals surface area (Å²) in [7, 11) is 0. The predicted molar refractivity (Wildman–Crippen MR) is 63.0 cm³/mol. The smallest absolute Gasteiger partial charge is 0.143 e. The summed E-state index contributed by atoms with van der Waals surface area (Å²) in [5.41, 5.74) is 0. The number of halogens is 1. The van der Waals surface area contributed by atoms with E-state index in [0.29, 0.717) is 5.92 Å². The molecule has 72 valence electrons. The molecule has 0 atom stereocenters. The fraction of sp³-hybridized carbons (Fsp3) is 0.556. The summed E-state index contributed by atoms with van der Waals surface area (Å²) in [5, 5.41) is 3.21. The van der Waals surface area contributed by atoms with Crippen LogP contribution in [-0.2, 0) is 0 Å². The summed E-state index contributed by atoms with van der Waals surface area (Å²) >= 11 is 2.24. The molecule has 4 heteroatoms. The fourth-order valence-corrected chi connectivity index (χ4v) is 1.40. The van der Waals surface area contributed by atoms with Crippen molar-refractivity contribution >= 4 is 28.4 Å². The summed E-state index contributed by atoms with van der Waals surface area (Å²) in [6, 6.07) is 0. The fourth-order valence-electron chi connectivity index (χ4n) is 0.950. The third-order valence-electron chi connectivity index (χ3n) is 1.62. The summed E-state index contributed by atoms with van der Waals surface area (Å²) in [6.07, 6.45) is 1.86. The molecule has 0 spiro atoms. The molecule has 0 aliphatic carbocycles. The van der Waals surface area contributed by atoms with E-state index in [1.807, 2.05) is 6.20 Å². The molecular formula is C9H14IN3. The van der Waals surface area contributed by atoms with Crippen LogP contribution in [0.25, 0.3) is 0 Å². The Balaban J connectivity index is 2.97. The minimum atomic E-state index is 0.384. The molecule has 0 bridgehead atoms. The monoisotopic (exact) mass is 291 g/mol. The molecule has 1 aromatic rings. The Labute approximate surface area is 92.5 Å². The van der Waals surface area contributed by atoms with E-state index in [0.717, 1.165) is 21.8 Å². The van der Waals surface area contributed by atoms with E-state index in [1.165, 1.54) is 0 Å². The van der Waals surface area contributed by atoms with Crippen LogP contribution in [0.5, 0.6) is 0 Å². The van der Waals surface area contributed by atoms with Crippen LogP contribution < -0.4 is 5.32 Å². The van der Waals surface area contributed by atoms with E-state index in [4.69, 9.17) is 0 Å². The van der Waals surface area contributed by atoms with Crippen molar-refractivity contribution in [3.63, 3.8) is 0 Å². The standard InChI is InChI=1S/C9H14IN3/c1-4-11-9-7(10)5-12-8(13-9)6(2)3/h5-6H,4H2,1-3H3,(H,11,12,13). The highest BCUT2D eigenvalue weighted by molar-refractivity contribution is 14.1. The topological polar surface area (TPSA) is 37.8 Å². The van der Waals surface area contributed by atoms with Gasteiger partial charge in [-0.3, -0.25) is 0 Å². The molecule has 1 aromatic heterocycles. The van der Waals surface area contributed by atoms with Gasteiger partial charge in [0.15, 0.2) is 0 Å². The first-order valence-electron chi connectivity index (χ1n) is 4.41. The lowest BCUT2D eigenvalue weighted by Crippen LogP contribution is -2.06. The van der Waals surface area contributed by atoms with Crippen molar-refractivity contribution in [3.05, 3.63) is 15.6 Å². The maximum Gasteiger partial charge on any atom is 0.143 e. The Kier molecular flexibility index (Phi) is 3.90. The van der Waals surface area contributed by atoms with Crippen molar-refractivity contribution in [1.29, 1.82) is 0 Å². The quantitative estimate of drug-likeness (QED) is 0.870. The van der Waals surface area contributed by atoms with E-state index in [9.17, 15) is 0 Å². The Hall–Kier alpha value is -0.390. The molecule has 0 amide bonds. The van der Waals surface area contributed by atoms with E-state index in [2.05, 4.69) is 58.6 Å². The normalized spacial score (nSPS) is 10.5. The van der Waals surface area contributed by atoms with Crippen LogP contribution in [0, 0.1) is 3.57 Å². The first-order chi connectivity index (χ1) is 6.15. The van der Waals surface area contributed by atoms with Gasteiger partial charge >= 0.3 is 0 Å². The minimum absolute atomic E-state index is 0.384. The SMILES string of the molecule is CCNc1nc(C(C)C)ncc1I. The largest absolute Gasteiger partial charge is 0.369 e.